The van der Waals surface area contributed by atoms with Crippen LogP contribution in [0.1, 0.15) is 19.5 Å². The zero-order valence-corrected chi connectivity index (χ0v) is 15.7. The Hall–Kier alpha value is -3.12. The van der Waals surface area contributed by atoms with Gasteiger partial charge in [0.1, 0.15) is 11.3 Å². The van der Waals surface area contributed by atoms with Crippen LogP contribution in [0.4, 0.5) is 0 Å². The Morgan fingerprint density at radius 3 is 2.74 bits per heavy atom. The molecule has 0 unspecified atom stereocenters. The van der Waals surface area contributed by atoms with E-state index < -0.39 is 0 Å². The molecule has 6 nitrogen and oxygen atoms in total. The van der Waals surface area contributed by atoms with E-state index in [9.17, 15) is 0 Å². The number of nitrogens with zero attached hydrogens (tertiary/aromatic N) is 3. The van der Waals surface area contributed by atoms with Gasteiger partial charge in [-0.3, -0.25) is 4.57 Å². The maximum atomic E-state index is 6.04. The van der Waals surface area contributed by atoms with Gasteiger partial charge in [-0.05, 0) is 24.3 Å². The van der Waals surface area contributed by atoms with Crippen molar-refractivity contribution in [2.24, 2.45) is 22.1 Å². The maximum Gasteiger partial charge on any atom is 0.156 e. The van der Waals surface area contributed by atoms with E-state index in [1.807, 2.05) is 54.7 Å². The number of benzene rings is 1. The van der Waals surface area contributed by atoms with Gasteiger partial charge in [0.25, 0.3) is 0 Å². The average Bonchev–Trinajstić information content (AvgIpc) is 2.71. The van der Waals surface area contributed by atoms with Gasteiger partial charge in [0, 0.05) is 23.5 Å². The minimum atomic E-state index is -0.110. The molecule has 27 heavy (non-hydrogen) atoms. The van der Waals surface area contributed by atoms with Crippen LogP contribution in [-0.4, -0.2) is 22.7 Å². The van der Waals surface area contributed by atoms with Gasteiger partial charge in [0.15, 0.2) is 5.49 Å². The Morgan fingerprint density at radius 2 is 2.00 bits per heavy atom. The first-order valence-corrected chi connectivity index (χ1v) is 8.79. The molecule has 0 aliphatic heterocycles. The number of fused-ring (bicyclic) bond motifs is 1. The van der Waals surface area contributed by atoms with E-state index in [4.69, 9.17) is 21.3 Å². The molecular formula is C21H25N5O. The van der Waals surface area contributed by atoms with E-state index in [-0.39, 0.29) is 5.41 Å². The van der Waals surface area contributed by atoms with E-state index in [1.165, 1.54) is 0 Å². The molecule has 0 aliphatic carbocycles. The summed E-state index contributed by atoms with van der Waals surface area (Å²) in [4.78, 5) is 4.79. The fourth-order valence-corrected chi connectivity index (χ4v) is 2.62. The first-order chi connectivity index (χ1) is 12.9. The number of aromatic nitrogens is 2. The third-order valence-electron chi connectivity index (χ3n) is 4.41. The Bertz CT molecular complexity index is 1040. The van der Waals surface area contributed by atoms with Crippen molar-refractivity contribution < 1.29 is 4.74 Å². The number of nitrogens with two attached hydrogens (primary N) is 2. The van der Waals surface area contributed by atoms with Crippen LogP contribution in [0.2, 0.25) is 0 Å². The molecule has 2 aromatic heterocycles. The van der Waals surface area contributed by atoms with Gasteiger partial charge in [-0.2, -0.15) is 5.10 Å². The second-order valence-electron chi connectivity index (χ2n) is 7.19. The number of hydrogen-bond acceptors (Lipinski definition) is 5. The fraction of sp³-hybridized carbons (Fsp3) is 0.238. The summed E-state index contributed by atoms with van der Waals surface area (Å²) in [5.41, 5.74) is 8.48. The molecule has 0 spiro atoms. The summed E-state index contributed by atoms with van der Waals surface area (Å²) in [6, 6.07) is 15.4. The minimum Gasteiger partial charge on any atom is -0.491 e. The molecule has 0 atom stereocenters. The summed E-state index contributed by atoms with van der Waals surface area (Å²) in [6.45, 7) is 9.37. The Labute approximate surface area is 158 Å². The summed E-state index contributed by atoms with van der Waals surface area (Å²) < 4.78 is 7.84. The largest absolute Gasteiger partial charge is 0.491 e. The molecule has 0 radical (unpaired) electrons. The highest BCUT2D eigenvalue weighted by Crippen LogP contribution is 2.27. The van der Waals surface area contributed by atoms with Gasteiger partial charge < -0.3 is 16.3 Å². The van der Waals surface area contributed by atoms with Gasteiger partial charge >= 0.3 is 0 Å². The topological polar surface area (TPSA) is 91.5 Å². The molecule has 0 saturated heterocycles. The summed E-state index contributed by atoms with van der Waals surface area (Å²) in [6.07, 6.45) is 1.85. The van der Waals surface area contributed by atoms with Crippen molar-refractivity contribution in [2.45, 2.75) is 13.8 Å². The molecular weight excluding hydrogens is 338 g/mol. The van der Waals surface area contributed by atoms with Gasteiger partial charge in [-0.1, -0.05) is 44.7 Å². The number of hydrogen-bond donors (Lipinski definition) is 2. The monoisotopic (exact) mass is 363 g/mol. The normalized spacial score (nSPS) is 12.3. The lowest BCUT2D eigenvalue weighted by Crippen LogP contribution is -2.30. The number of pyridine rings is 2. The quantitative estimate of drug-likeness (QED) is 0.520. The highest BCUT2D eigenvalue weighted by molar-refractivity contribution is 5.86. The van der Waals surface area contributed by atoms with Crippen LogP contribution in [0.5, 0.6) is 5.75 Å². The second kappa shape index (κ2) is 7.63. The number of ether oxygens (including phenoxy) is 1. The smallest absolute Gasteiger partial charge is 0.156 e. The molecule has 3 rings (SSSR count). The van der Waals surface area contributed by atoms with Crippen LogP contribution < -0.4 is 21.8 Å². The van der Waals surface area contributed by atoms with Crippen LogP contribution in [0.15, 0.2) is 66.4 Å². The van der Waals surface area contributed by atoms with E-state index in [0.29, 0.717) is 24.3 Å². The van der Waals surface area contributed by atoms with Gasteiger partial charge in [0.2, 0.25) is 0 Å². The summed E-state index contributed by atoms with van der Waals surface area (Å²) in [5.74, 6) is 6.21. The van der Waals surface area contributed by atoms with Crippen molar-refractivity contribution in [1.29, 1.82) is 0 Å². The molecule has 4 N–H and O–H groups in total. The molecule has 0 fully saturated rings. The highest BCUT2D eigenvalue weighted by atomic mass is 16.5. The van der Waals surface area contributed by atoms with Gasteiger partial charge in [-0.25, -0.2) is 4.98 Å². The lowest BCUT2D eigenvalue weighted by Gasteiger charge is -2.23. The van der Waals surface area contributed by atoms with Crippen molar-refractivity contribution >= 4 is 16.6 Å². The maximum absolute atomic E-state index is 6.04. The van der Waals surface area contributed by atoms with Gasteiger partial charge in [0.05, 0.1) is 18.0 Å². The lowest BCUT2D eigenvalue weighted by atomic mass is 9.95. The van der Waals surface area contributed by atoms with Crippen molar-refractivity contribution in [3.05, 3.63) is 72.5 Å². The molecule has 3 aromatic rings. The minimum absolute atomic E-state index is 0.110. The molecule has 1 aromatic carbocycles. The first kappa shape index (κ1) is 18.7. The molecule has 2 heterocycles. The highest BCUT2D eigenvalue weighted by Gasteiger charge is 2.17. The molecule has 0 bridgehead atoms. The van der Waals surface area contributed by atoms with Crippen LogP contribution in [0.3, 0.4) is 0 Å². The molecule has 140 valence electrons. The summed E-state index contributed by atoms with van der Waals surface area (Å²) >= 11 is 0. The van der Waals surface area contributed by atoms with E-state index >= 15 is 0 Å². The van der Waals surface area contributed by atoms with Crippen molar-refractivity contribution in [1.82, 2.24) is 9.55 Å². The van der Waals surface area contributed by atoms with Crippen molar-refractivity contribution in [2.75, 3.05) is 13.2 Å². The fourth-order valence-electron chi connectivity index (χ4n) is 2.62. The first-order valence-electron chi connectivity index (χ1n) is 8.79. The van der Waals surface area contributed by atoms with E-state index in [2.05, 4.69) is 25.5 Å². The van der Waals surface area contributed by atoms with Crippen LogP contribution in [-0.2, 0) is 0 Å². The zero-order valence-electron chi connectivity index (χ0n) is 15.7. The van der Waals surface area contributed by atoms with Crippen LogP contribution in [0.25, 0.3) is 16.6 Å². The summed E-state index contributed by atoms with van der Waals surface area (Å²) in [5, 5.41) is 4.80. The van der Waals surface area contributed by atoms with E-state index in [0.717, 1.165) is 22.3 Å². The number of para-hydroxylation sites is 1. The predicted molar refractivity (Wildman–Crippen MR) is 109 cm³/mol. The zero-order chi connectivity index (χ0) is 19.4. The van der Waals surface area contributed by atoms with Crippen molar-refractivity contribution in [3.8, 4) is 5.75 Å². The predicted octanol–water partition coefficient (Wildman–Crippen LogP) is 2.69. The average molecular weight is 363 g/mol. The standard InChI is InChI=1S/C21H25N5O/c1-15(26-12-5-4-9-19(26)25-23)17-11-10-16-7-6-8-18(20(16)24-17)27-14-21(2,3)13-22/h4-12H,1,13-14,22-23H2,2-3H3/b25-19-. The Balaban J connectivity index is 2.01. The van der Waals surface area contributed by atoms with Crippen LogP contribution in [0, 0.1) is 5.41 Å². The van der Waals surface area contributed by atoms with Crippen LogP contribution >= 0.6 is 0 Å². The van der Waals surface area contributed by atoms with E-state index in [1.54, 1.807) is 4.57 Å². The molecule has 0 amide bonds. The SMILES string of the molecule is C=C(c1ccc2cccc(OCC(C)(C)CN)c2n1)n1cccc/c1=N/N. The second-order valence-corrected chi connectivity index (χ2v) is 7.19. The Morgan fingerprint density at radius 1 is 1.19 bits per heavy atom. The van der Waals surface area contributed by atoms with Crippen molar-refractivity contribution in [3.63, 3.8) is 0 Å². The Kier molecular flexibility index (Phi) is 5.28. The molecule has 0 saturated carbocycles. The molecule has 6 heteroatoms. The third kappa shape index (κ3) is 4.01. The van der Waals surface area contributed by atoms with Gasteiger partial charge in [-0.15, -0.1) is 0 Å². The lowest BCUT2D eigenvalue weighted by molar-refractivity contribution is 0.189. The number of rotatable bonds is 6. The third-order valence-corrected chi connectivity index (χ3v) is 4.41. The molecule has 0 aliphatic rings. The summed E-state index contributed by atoms with van der Waals surface area (Å²) in [7, 11) is 0.